The van der Waals surface area contributed by atoms with Gasteiger partial charge in [-0.25, -0.2) is 8.78 Å². The Labute approximate surface area is 103 Å². The van der Waals surface area contributed by atoms with Crippen molar-refractivity contribution < 1.29 is 18.3 Å². The zero-order chi connectivity index (χ0) is 13.1. The number of ketones is 1. The molecular formula is C13H11F2NO2. The molecule has 1 aliphatic rings. The van der Waals surface area contributed by atoms with Crippen LogP contribution in [0.4, 0.5) is 8.78 Å². The molecule has 2 unspecified atom stereocenters. The van der Waals surface area contributed by atoms with Gasteiger partial charge in [-0.05, 0) is 24.1 Å². The first-order chi connectivity index (χ1) is 8.61. The number of nitriles is 1. The highest BCUT2D eigenvalue weighted by molar-refractivity contribution is 5.90. The van der Waals surface area contributed by atoms with Crippen molar-refractivity contribution >= 4 is 5.78 Å². The number of hydrogen-bond acceptors (Lipinski definition) is 3. The lowest BCUT2D eigenvalue weighted by Gasteiger charge is -2.12. The van der Waals surface area contributed by atoms with Gasteiger partial charge in [0.2, 0.25) is 0 Å². The molecule has 2 atom stereocenters. The summed E-state index contributed by atoms with van der Waals surface area (Å²) in [6.07, 6.45) is 0.550. The first-order valence-corrected chi connectivity index (χ1v) is 5.59. The van der Waals surface area contributed by atoms with Crippen LogP contribution in [0.2, 0.25) is 0 Å². The van der Waals surface area contributed by atoms with Gasteiger partial charge in [-0.1, -0.05) is 0 Å². The van der Waals surface area contributed by atoms with Gasteiger partial charge in [0.15, 0.2) is 5.78 Å². The van der Waals surface area contributed by atoms with E-state index in [1.54, 1.807) is 0 Å². The first-order valence-electron chi connectivity index (χ1n) is 5.59. The van der Waals surface area contributed by atoms with E-state index in [0.717, 1.165) is 12.1 Å². The lowest BCUT2D eigenvalue weighted by atomic mass is 9.88. The lowest BCUT2D eigenvalue weighted by Crippen LogP contribution is -2.21. The van der Waals surface area contributed by atoms with E-state index >= 15 is 0 Å². The number of benzene rings is 1. The van der Waals surface area contributed by atoms with Crippen LogP contribution in [0.3, 0.4) is 0 Å². The number of hydrogen-bond donors (Lipinski definition) is 0. The van der Waals surface area contributed by atoms with Crippen molar-refractivity contribution in [3.8, 4) is 6.07 Å². The summed E-state index contributed by atoms with van der Waals surface area (Å²) in [5, 5.41) is 9.04. The number of Topliss-reactive ketones (excluding diaryl/α,β-unsaturated/α-hetero) is 1. The van der Waals surface area contributed by atoms with Gasteiger partial charge < -0.3 is 4.74 Å². The van der Waals surface area contributed by atoms with Gasteiger partial charge in [-0.3, -0.25) is 4.79 Å². The van der Waals surface area contributed by atoms with Gasteiger partial charge in [0.1, 0.15) is 17.6 Å². The Kier molecular flexibility index (Phi) is 3.68. The number of carbonyl (C=O) groups excluding carboxylic acids is 1. The quantitative estimate of drug-likeness (QED) is 0.827. The molecule has 0 N–H and O–H groups in total. The summed E-state index contributed by atoms with van der Waals surface area (Å²) in [6.45, 7) is 0.751. The molecule has 0 aliphatic carbocycles. The summed E-state index contributed by atoms with van der Waals surface area (Å²) in [7, 11) is 0. The molecule has 1 aromatic carbocycles. The fourth-order valence-electron chi connectivity index (χ4n) is 2.04. The van der Waals surface area contributed by atoms with Crippen molar-refractivity contribution in [2.45, 2.75) is 12.3 Å². The third-order valence-corrected chi connectivity index (χ3v) is 2.96. The Hall–Kier alpha value is -1.80. The highest BCUT2D eigenvalue weighted by atomic mass is 19.1. The number of ether oxygens (including phenoxy) is 1. The minimum absolute atomic E-state index is 0.0619. The first kappa shape index (κ1) is 12.7. The monoisotopic (exact) mass is 251 g/mol. The molecule has 3 nitrogen and oxygen atoms in total. The number of carbonyl (C=O) groups is 1. The van der Waals surface area contributed by atoms with Crippen molar-refractivity contribution in [1.82, 2.24) is 0 Å². The fourth-order valence-corrected chi connectivity index (χ4v) is 2.04. The molecule has 18 heavy (non-hydrogen) atoms. The van der Waals surface area contributed by atoms with Crippen LogP contribution in [-0.2, 0) is 9.53 Å². The Morgan fingerprint density at radius 2 is 2.06 bits per heavy atom. The molecule has 0 amide bonds. The van der Waals surface area contributed by atoms with E-state index in [9.17, 15) is 13.6 Å². The van der Waals surface area contributed by atoms with Crippen LogP contribution >= 0.6 is 0 Å². The normalized spacial score (nSPS) is 20.4. The van der Waals surface area contributed by atoms with Crippen molar-refractivity contribution in [2.24, 2.45) is 5.92 Å². The molecule has 0 bridgehead atoms. The van der Waals surface area contributed by atoms with E-state index < -0.39 is 17.6 Å². The molecule has 0 aromatic heterocycles. The molecule has 1 aliphatic heterocycles. The van der Waals surface area contributed by atoms with Crippen LogP contribution < -0.4 is 0 Å². The minimum atomic E-state index is -1.14. The Balaban J connectivity index is 2.27. The van der Waals surface area contributed by atoms with E-state index in [1.165, 1.54) is 0 Å². The topological polar surface area (TPSA) is 50.1 Å². The average Bonchev–Trinajstić information content (AvgIpc) is 2.81. The lowest BCUT2D eigenvalue weighted by molar-refractivity contribution is -0.123. The number of rotatable bonds is 3. The maximum absolute atomic E-state index is 13.1. The predicted octanol–water partition coefficient (Wildman–Crippen LogP) is 2.18. The van der Waals surface area contributed by atoms with Gasteiger partial charge in [0.25, 0.3) is 0 Å². The Morgan fingerprint density at radius 1 is 1.39 bits per heavy atom. The van der Waals surface area contributed by atoms with Crippen LogP contribution in [0.1, 0.15) is 17.9 Å². The highest BCUT2D eigenvalue weighted by Crippen LogP contribution is 2.25. The third kappa shape index (κ3) is 2.54. The molecule has 2 rings (SSSR count). The number of halogens is 2. The highest BCUT2D eigenvalue weighted by Gasteiger charge is 2.31. The average molecular weight is 251 g/mol. The predicted molar refractivity (Wildman–Crippen MR) is 58.6 cm³/mol. The molecule has 0 spiro atoms. The molecule has 5 heteroatoms. The van der Waals surface area contributed by atoms with Crippen molar-refractivity contribution in [3.05, 3.63) is 35.4 Å². The summed E-state index contributed by atoms with van der Waals surface area (Å²) in [6, 6.07) is 4.56. The van der Waals surface area contributed by atoms with Gasteiger partial charge in [0.05, 0.1) is 12.7 Å². The van der Waals surface area contributed by atoms with Crippen molar-refractivity contribution in [1.29, 1.82) is 5.26 Å². The second-order valence-corrected chi connectivity index (χ2v) is 4.23. The Morgan fingerprint density at radius 3 is 2.56 bits per heavy atom. The van der Waals surface area contributed by atoms with E-state index in [4.69, 9.17) is 10.00 Å². The second kappa shape index (κ2) is 5.23. The van der Waals surface area contributed by atoms with Crippen LogP contribution in [0.5, 0.6) is 0 Å². The molecular weight excluding hydrogens is 240 g/mol. The fraction of sp³-hybridized carbons (Fsp3) is 0.385. The van der Waals surface area contributed by atoms with Crippen LogP contribution in [0.25, 0.3) is 0 Å². The summed E-state index contributed by atoms with van der Waals surface area (Å²) in [5.74, 6) is -3.41. The van der Waals surface area contributed by atoms with Crippen molar-refractivity contribution in [3.63, 3.8) is 0 Å². The van der Waals surface area contributed by atoms with Gasteiger partial charge >= 0.3 is 0 Å². The van der Waals surface area contributed by atoms with Crippen molar-refractivity contribution in [2.75, 3.05) is 13.2 Å². The van der Waals surface area contributed by atoms with E-state index in [-0.39, 0.29) is 23.9 Å². The largest absolute Gasteiger partial charge is 0.381 e. The van der Waals surface area contributed by atoms with Crippen LogP contribution in [-0.4, -0.2) is 19.0 Å². The summed E-state index contributed by atoms with van der Waals surface area (Å²) >= 11 is 0. The zero-order valence-electron chi connectivity index (χ0n) is 9.53. The number of nitrogens with zero attached hydrogens (tertiary/aromatic N) is 1. The van der Waals surface area contributed by atoms with Gasteiger partial charge in [-0.15, -0.1) is 0 Å². The van der Waals surface area contributed by atoms with E-state index in [2.05, 4.69) is 0 Å². The smallest absolute Gasteiger partial charge is 0.159 e. The van der Waals surface area contributed by atoms with Crippen LogP contribution in [0.15, 0.2) is 18.2 Å². The zero-order valence-corrected chi connectivity index (χ0v) is 9.53. The molecule has 1 heterocycles. The molecule has 0 radical (unpaired) electrons. The van der Waals surface area contributed by atoms with E-state index in [0.29, 0.717) is 19.1 Å². The maximum atomic E-state index is 13.1. The van der Waals surface area contributed by atoms with E-state index in [1.807, 2.05) is 6.07 Å². The Bertz CT molecular complexity index is 484. The summed E-state index contributed by atoms with van der Waals surface area (Å²) in [5.41, 5.74) is 0.0619. The molecule has 1 saturated heterocycles. The third-order valence-electron chi connectivity index (χ3n) is 2.96. The molecule has 1 aromatic rings. The maximum Gasteiger partial charge on any atom is 0.159 e. The van der Waals surface area contributed by atoms with Crippen LogP contribution in [0, 0.1) is 28.9 Å². The van der Waals surface area contributed by atoms with Gasteiger partial charge in [0, 0.05) is 18.6 Å². The minimum Gasteiger partial charge on any atom is -0.381 e. The summed E-state index contributed by atoms with van der Waals surface area (Å²) < 4.78 is 31.2. The molecule has 0 saturated carbocycles. The molecule has 1 fully saturated rings. The standard InChI is InChI=1S/C13H11F2NO2/c14-10-3-9(4-11(15)5-10)12(6-16)13(17)8-1-2-18-7-8/h3-5,8,12H,1-2,7H2. The molecule has 94 valence electrons. The SMILES string of the molecule is N#CC(C(=O)C1CCOC1)c1cc(F)cc(F)c1. The van der Waals surface area contributed by atoms with Gasteiger partial charge in [-0.2, -0.15) is 5.26 Å². The second-order valence-electron chi connectivity index (χ2n) is 4.23. The summed E-state index contributed by atoms with van der Waals surface area (Å²) in [4.78, 5) is 12.1.